The van der Waals surface area contributed by atoms with Crippen LogP contribution in [0, 0.1) is 17.8 Å². The highest BCUT2D eigenvalue weighted by atomic mass is 16.5. The second-order valence-corrected chi connectivity index (χ2v) is 10.8. The predicted octanol–water partition coefficient (Wildman–Crippen LogP) is 11.4. The molecule has 2 aromatic rings. The van der Waals surface area contributed by atoms with Crippen molar-refractivity contribution in [1.29, 1.82) is 0 Å². The summed E-state index contributed by atoms with van der Waals surface area (Å²) in [6.45, 7) is 24.9. The zero-order valence-corrected chi connectivity index (χ0v) is 26.1. The molecule has 0 N–H and O–H groups in total. The summed E-state index contributed by atoms with van der Waals surface area (Å²) < 4.78 is 5.65. The van der Waals surface area contributed by atoms with Gasteiger partial charge in [0.2, 0.25) is 0 Å². The summed E-state index contributed by atoms with van der Waals surface area (Å²) in [5.74, 6) is 3.32. The van der Waals surface area contributed by atoms with Gasteiger partial charge in [0.05, 0.1) is 6.61 Å². The van der Waals surface area contributed by atoms with Gasteiger partial charge < -0.3 is 4.74 Å². The molecular formula is C35H62O. The first kappa shape index (κ1) is 36.4. The van der Waals surface area contributed by atoms with E-state index in [9.17, 15) is 0 Å². The number of hydrogen-bond donors (Lipinski definition) is 0. The van der Waals surface area contributed by atoms with Gasteiger partial charge >= 0.3 is 0 Å². The number of rotatable bonds is 12. The highest BCUT2D eigenvalue weighted by Crippen LogP contribution is 2.15. The van der Waals surface area contributed by atoms with Gasteiger partial charge in [-0.25, -0.2) is 0 Å². The van der Waals surface area contributed by atoms with Gasteiger partial charge in [0.15, 0.2) is 0 Å². The van der Waals surface area contributed by atoms with E-state index in [0.29, 0.717) is 5.92 Å². The van der Waals surface area contributed by atoms with Crippen molar-refractivity contribution in [3.8, 4) is 5.75 Å². The summed E-state index contributed by atoms with van der Waals surface area (Å²) in [5, 5.41) is 0. The van der Waals surface area contributed by atoms with Crippen LogP contribution in [0.15, 0.2) is 48.5 Å². The molecule has 2 rings (SSSR count). The Kier molecular flexibility index (Phi) is 25.2. The van der Waals surface area contributed by atoms with Crippen LogP contribution in [0.1, 0.15) is 125 Å². The van der Waals surface area contributed by atoms with E-state index in [1.54, 1.807) is 0 Å². The monoisotopic (exact) mass is 498 g/mol. The molecule has 0 heterocycles. The predicted molar refractivity (Wildman–Crippen MR) is 165 cm³/mol. The highest BCUT2D eigenvalue weighted by molar-refractivity contribution is 5.27. The molecule has 1 heteroatoms. The first-order chi connectivity index (χ1) is 17.2. The topological polar surface area (TPSA) is 9.23 Å². The second-order valence-electron chi connectivity index (χ2n) is 10.8. The minimum atomic E-state index is 0.712. The van der Waals surface area contributed by atoms with E-state index in [4.69, 9.17) is 4.74 Å². The fourth-order valence-electron chi connectivity index (χ4n) is 3.24. The third-order valence-corrected chi connectivity index (χ3v) is 5.47. The Morgan fingerprint density at radius 3 is 1.19 bits per heavy atom. The normalized spacial score (nSPS) is 10.2. The van der Waals surface area contributed by atoms with Crippen LogP contribution in [0.25, 0.3) is 0 Å². The number of benzene rings is 2. The molecule has 0 bridgehead atoms. The van der Waals surface area contributed by atoms with E-state index < -0.39 is 0 Å². The average molecular weight is 499 g/mol. The standard InChI is InChI=1S/C16H26.C14H22O.C3H8.C2H6/c1-13(2)5-7-15-9-11-16(12-10-15)8-6-14(3)4;1-4-5-13-6-8-14(9-7-13)15-11-10-12(2)3;1-3-2;1-2/h9-14H,5-8H2,1-4H3;6-9,12H,4-5,10-11H2,1-3H3;3H2,1-2H3;1-2H3. The Balaban J connectivity index is 0. The molecule has 0 atom stereocenters. The maximum absolute atomic E-state index is 5.65. The lowest BCUT2D eigenvalue weighted by atomic mass is 9.99. The summed E-state index contributed by atoms with van der Waals surface area (Å²) in [6, 6.07) is 17.7. The van der Waals surface area contributed by atoms with Gasteiger partial charge in [-0.15, -0.1) is 0 Å². The lowest BCUT2D eigenvalue weighted by Crippen LogP contribution is -2.01. The molecular weight excluding hydrogens is 436 g/mol. The van der Waals surface area contributed by atoms with Crippen LogP contribution in [0.2, 0.25) is 0 Å². The van der Waals surface area contributed by atoms with Crippen molar-refractivity contribution in [2.24, 2.45) is 17.8 Å². The maximum atomic E-state index is 5.65. The lowest BCUT2D eigenvalue weighted by molar-refractivity contribution is 0.289. The van der Waals surface area contributed by atoms with Gasteiger partial charge in [0, 0.05) is 0 Å². The first-order valence-corrected chi connectivity index (χ1v) is 15.0. The quantitative estimate of drug-likeness (QED) is 0.283. The molecule has 36 heavy (non-hydrogen) atoms. The van der Waals surface area contributed by atoms with Gasteiger partial charge in [-0.05, 0) is 85.1 Å². The molecule has 0 aliphatic carbocycles. The average Bonchev–Trinajstić information content (AvgIpc) is 2.85. The van der Waals surface area contributed by atoms with Crippen LogP contribution in [0.5, 0.6) is 5.75 Å². The van der Waals surface area contributed by atoms with Crippen molar-refractivity contribution in [3.05, 3.63) is 65.2 Å². The molecule has 0 aliphatic heterocycles. The largest absolute Gasteiger partial charge is 0.494 e. The van der Waals surface area contributed by atoms with Crippen molar-refractivity contribution in [3.63, 3.8) is 0 Å². The zero-order chi connectivity index (χ0) is 27.8. The Hall–Kier alpha value is -1.76. The minimum Gasteiger partial charge on any atom is -0.494 e. The van der Waals surface area contributed by atoms with Gasteiger partial charge in [-0.2, -0.15) is 0 Å². The molecule has 2 aromatic carbocycles. The Morgan fingerprint density at radius 2 is 0.861 bits per heavy atom. The van der Waals surface area contributed by atoms with Gasteiger partial charge in [-0.3, -0.25) is 0 Å². The molecule has 208 valence electrons. The maximum Gasteiger partial charge on any atom is 0.119 e. The van der Waals surface area contributed by atoms with E-state index in [1.807, 2.05) is 13.8 Å². The molecule has 1 nitrogen and oxygen atoms in total. The van der Waals surface area contributed by atoms with Crippen LogP contribution in [0.4, 0.5) is 0 Å². The Bertz CT molecular complexity index is 649. The lowest BCUT2D eigenvalue weighted by Gasteiger charge is -2.08. The summed E-state index contributed by atoms with van der Waals surface area (Å²) in [5.41, 5.74) is 4.37. The van der Waals surface area contributed by atoms with E-state index in [2.05, 4.69) is 111 Å². The van der Waals surface area contributed by atoms with Gasteiger partial charge in [0.25, 0.3) is 0 Å². The summed E-state index contributed by atoms with van der Waals surface area (Å²) in [4.78, 5) is 0. The molecule has 0 aromatic heterocycles. The number of aryl methyl sites for hydroxylation is 3. The van der Waals surface area contributed by atoms with Crippen LogP contribution in [-0.2, 0) is 19.3 Å². The third-order valence-electron chi connectivity index (χ3n) is 5.47. The van der Waals surface area contributed by atoms with Crippen molar-refractivity contribution < 1.29 is 4.74 Å². The zero-order valence-electron chi connectivity index (χ0n) is 26.1. The highest BCUT2D eigenvalue weighted by Gasteiger charge is 2.00. The van der Waals surface area contributed by atoms with E-state index in [-0.39, 0.29) is 0 Å². The molecule has 0 saturated carbocycles. The molecule has 0 aliphatic rings. The Morgan fingerprint density at radius 1 is 0.528 bits per heavy atom. The number of hydrogen-bond acceptors (Lipinski definition) is 1. The van der Waals surface area contributed by atoms with Gasteiger partial charge in [0.1, 0.15) is 5.75 Å². The van der Waals surface area contributed by atoms with Crippen LogP contribution < -0.4 is 4.74 Å². The Labute approximate surface area is 227 Å². The molecule has 0 unspecified atom stereocenters. The third kappa shape index (κ3) is 22.7. The fraction of sp³-hybridized carbons (Fsp3) is 0.657. The molecule has 0 fully saturated rings. The number of ether oxygens (including phenoxy) is 1. The first-order valence-electron chi connectivity index (χ1n) is 15.0. The minimum absolute atomic E-state index is 0.712. The molecule has 0 radical (unpaired) electrons. The molecule has 0 amide bonds. The van der Waals surface area contributed by atoms with Crippen molar-refractivity contribution in [1.82, 2.24) is 0 Å². The summed E-state index contributed by atoms with van der Waals surface area (Å²) >= 11 is 0. The van der Waals surface area contributed by atoms with Crippen LogP contribution in [0.3, 0.4) is 0 Å². The molecule has 0 spiro atoms. The van der Waals surface area contributed by atoms with Crippen molar-refractivity contribution in [2.75, 3.05) is 6.61 Å². The van der Waals surface area contributed by atoms with Crippen LogP contribution >= 0.6 is 0 Å². The van der Waals surface area contributed by atoms with E-state index >= 15 is 0 Å². The smallest absolute Gasteiger partial charge is 0.119 e. The van der Waals surface area contributed by atoms with E-state index in [1.165, 1.54) is 55.2 Å². The van der Waals surface area contributed by atoms with Crippen molar-refractivity contribution >= 4 is 0 Å². The molecule has 0 saturated heterocycles. The summed E-state index contributed by atoms with van der Waals surface area (Å²) in [7, 11) is 0. The fourth-order valence-corrected chi connectivity index (χ4v) is 3.24. The second kappa shape index (κ2) is 24.9. The van der Waals surface area contributed by atoms with Crippen LogP contribution in [-0.4, -0.2) is 6.61 Å². The van der Waals surface area contributed by atoms with Gasteiger partial charge in [-0.1, -0.05) is 125 Å². The SMILES string of the molecule is CC.CC(C)CCc1ccc(CCC(C)C)cc1.CCC.CCCc1ccc(OCCC(C)C)cc1. The summed E-state index contributed by atoms with van der Waals surface area (Å²) in [6.07, 6.45) is 9.78. The van der Waals surface area contributed by atoms with E-state index in [0.717, 1.165) is 37.0 Å². The van der Waals surface area contributed by atoms with Crippen molar-refractivity contribution in [2.45, 2.75) is 128 Å².